The summed E-state index contributed by atoms with van der Waals surface area (Å²) < 4.78 is 23.4. The Morgan fingerprint density at radius 2 is 1.92 bits per heavy atom. The van der Waals surface area contributed by atoms with Gasteiger partial charge in [0.1, 0.15) is 0 Å². The standard InChI is InChI=1S/C9H8F2NO/c10-8(11)9(13)12-6-7-4-2-1-3-5-7/h1-6,8H,(H,12,13). The van der Waals surface area contributed by atoms with Gasteiger partial charge in [0.05, 0.1) is 6.54 Å². The minimum absolute atomic E-state index is 0.677. The maximum absolute atomic E-state index is 11.7. The second kappa shape index (κ2) is 4.54. The first-order valence-electron chi connectivity index (χ1n) is 3.67. The zero-order valence-electron chi connectivity index (χ0n) is 6.71. The first-order chi connectivity index (χ1) is 6.20. The lowest BCUT2D eigenvalue weighted by atomic mass is 10.2. The second-order valence-corrected chi connectivity index (χ2v) is 2.36. The molecule has 1 aromatic carbocycles. The van der Waals surface area contributed by atoms with Gasteiger partial charge in [0.15, 0.2) is 0 Å². The fourth-order valence-electron chi connectivity index (χ4n) is 0.767. The molecule has 0 aliphatic carbocycles. The predicted molar refractivity (Wildman–Crippen MR) is 44.0 cm³/mol. The summed E-state index contributed by atoms with van der Waals surface area (Å²) >= 11 is 0. The van der Waals surface area contributed by atoms with E-state index in [4.69, 9.17) is 0 Å². The summed E-state index contributed by atoms with van der Waals surface area (Å²) in [6.07, 6.45) is -2.97. The highest BCUT2D eigenvalue weighted by Gasteiger charge is 2.13. The summed E-state index contributed by atoms with van der Waals surface area (Å²) in [5, 5.41) is 1.98. The Morgan fingerprint density at radius 3 is 2.46 bits per heavy atom. The number of benzene rings is 1. The van der Waals surface area contributed by atoms with Crippen molar-refractivity contribution in [1.82, 2.24) is 5.32 Å². The van der Waals surface area contributed by atoms with Crippen LogP contribution in [0.4, 0.5) is 8.78 Å². The van der Waals surface area contributed by atoms with E-state index in [0.29, 0.717) is 5.56 Å². The van der Waals surface area contributed by atoms with Gasteiger partial charge in [-0.3, -0.25) is 4.79 Å². The van der Waals surface area contributed by atoms with Crippen LogP contribution in [-0.2, 0) is 4.79 Å². The molecule has 0 saturated carbocycles. The molecule has 1 amide bonds. The molecule has 0 spiro atoms. The molecule has 69 valence electrons. The molecule has 1 radical (unpaired) electrons. The van der Waals surface area contributed by atoms with Crippen molar-refractivity contribution in [3.63, 3.8) is 0 Å². The molecule has 0 aliphatic heterocycles. The number of alkyl halides is 2. The smallest absolute Gasteiger partial charge is 0.315 e. The molecule has 13 heavy (non-hydrogen) atoms. The molecule has 2 nitrogen and oxygen atoms in total. The molecule has 1 aromatic rings. The summed E-state index contributed by atoms with van der Waals surface area (Å²) in [4.78, 5) is 10.4. The van der Waals surface area contributed by atoms with Crippen molar-refractivity contribution in [3.05, 3.63) is 42.4 Å². The van der Waals surface area contributed by atoms with E-state index in [0.717, 1.165) is 0 Å². The minimum Gasteiger partial charge on any atom is -0.342 e. The van der Waals surface area contributed by atoms with E-state index in [-0.39, 0.29) is 0 Å². The molecule has 0 aromatic heterocycles. The minimum atomic E-state index is -2.97. The molecule has 0 heterocycles. The average Bonchev–Trinajstić information content (AvgIpc) is 2.15. The van der Waals surface area contributed by atoms with Gasteiger partial charge in [0.2, 0.25) is 0 Å². The fraction of sp³-hybridized carbons (Fsp3) is 0.111. The highest BCUT2D eigenvalue weighted by Crippen LogP contribution is 2.00. The lowest BCUT2D eigenvalue weighted by Gasteiger charge is -2.02. The Morgan fingerprint density at radius 1 is 1.31 bits per heavy atom. The average molecular weight is 184 g/mol. The molecule has 0 unspecified atom stereocenters. The molecule has 0 saturated heterocycles. The molecule has 4 heteroatoms. The van der Waals surface area contributed by atoms with E-state index in [2.05, 4.69) is 0 Å². The zero-order chi connectivity index (χ0) is 9.68. The van der Waals surface area contributed by atoms with Crippen LogP contribution >= 0.6 is 0 Å². The zero-order valence-corrected chi connectivity index (χ0v) is 6.71. The number of carbonyl (C=O) groups is 1. The Hall–Kier alpha value is -1.45. The topological polar surface area (TPSA) is 29.1 Å². The molecule has 0 aliphatic rings. The Balaban J connectivity index is 2.40. The highest BCUT2D eigenvalue weighted by molar-refractivity contribution is 5.80. The monoisotopic (exact) mass is 184 g/mol. The van der Waals surface area contributed by atoms with Gasteiger partial charge in [-0.05, 0) is 5.56 Å². The normalized spacial score (nSPS) is 10.1. The maximum Gasteiger partial charge on any atom is 0.315 e. The molecular weight excluding hydrogens is 176 g/mol. The summed E-state index contributed by atoms with van der Waals surface area (Å²) in [7, 11) is 0. The van der Waals surface area contributed by atoms with E-state index in [1.807, 2.05) is 5.32 Å². The van der Waals surface area contributed by atoms with Crippen LogP contribution in [0.15, 0.2) is 30.3 Å². The van der Waals surface area contributed by atoms with Gasteiger partial charge in [-0.2, -0.15) is 8.78 Å². The van der Waals surface area contributed by atoms with Crippen molar-refractivity contribution in [2.24, 2.45) is 0 Å². The van der Waals surface area contributed by atoms with E-state index >= 15 is 0 Å². The van der Waals surface area contributed by atoms with Gasteiger partial charge < -0.3 is 5.32 Å². The molecule has 1 rings (SSSR count). The molecule has 1 N–H and O–H groups in total. The van der Waals surface area contributed by atoms with Crippen LogP contribution in [0.3, 0.4) is 0 Å². The van der Waals surface area contributed by atoms with Gasteiger partial charge in [-0.15, -0.1) is 0 Å². The summed E-state index contributed by atoms with van der Waals surface area (Å²) in [5.41, 5.74) is 0.677. The highest BCUT2D eigenvalue weighted by atomic mass is 19.3. The van der Waals surface area contributed by atoms with E-state index < -0.39 is 12.3 Å². The van der Waals surface area contributed by atoms with Crippen molar-refractivity contribution >= 4 is 5.91 Å². The maximum atomic E-state index is 11.7. The Labute approximate surface area is 74.6 Å². The third-order valence-electron chi connectivity index (χ3n) is 1.38. The number of carbonyl (C=O) groups excluding carboxylic acids is 1. The number of hydrogen-bond acceptors (Lipinski definition) is 1. The first kappa shape index (κ1) is 9.64. The van der Waals surface area contributed by atoms with Crippen LogP contribution in [0.1, 0.15) is 5.56 Å². The second-order valence-electron chi connectivity index (χ2n) is 2.36. The van der Waals surface area contributed by atoms with Crippen molar-refractivity contribution in [2.45, 2.75) is 6.43 Å². The lowest BCUT2D eigenvalue weighted by molar-refractivity contribution is -0.130. The number of amides is 1. The van der Waals surface area contributed by atoms with E-state index in [9.17, 15) is 13.6 Å². The number of hydrogen-bond donors (Lipinski definition) is 1. The van der Waals surface area contributed by atoms with Crippen LogP contribution in [0.2, 0.25) is 0 Å². The molecular formula is C9H8F2NO. The van der Waals surface area contributed by atoms with Crippen molar-refractivity contribution in [2.75, 3.05) is 0 Å². The third kappa shape index (κ3) is 3.19. The largest absolute Gasteiger partial charge is 0.342 e. The Kier molecular flexibility index (Phi) is 3.37. The van der Waals surface area contributed by atoms with Gasteiger partial charge >= 0.3 is 6.43 Å². The lowest BCUT2D eigenvalue weighted by Crippen LogP contribution is -2.27. The van der Waals surface area contributed by atoms with Gasteiger partial charge in [0.25, 0.3) is 5.91 Å². The van der Waals surface area contributed by atoms with Crippen molar-refractivity contribution in [3.8, 4) is 0 Å². The molecule has 0 bridgehead atoms. The first-order valence-corrected chi connectivity index (χ1v) is 3.67. The van der Waals surface area contributed by atoms with Gasteiger partial charge in [-0.25, -0.2) is 0 Å². The molecule has 0 atom stereocenters. The van der Waals surface area contributed by atoms with Crippen LogP contribution in [0.5, 0.6) is 0 Å². The van der Waals surface area contributed by atoms with Crippen LogP contribution in [-0.4, -0.2) is 12.3 Å². The van der Waals surface area contributed by atoms with E-state index in [1.54, 1.807) is 30.3 Å². The predicted octanol–water partition coefficient (Wildman–Crippen LogP) is 1.58. The van der Waals surface area contributed by atoms with Crippen LogP contribution in [0, 0.1) is 6.54 Å². The summed E-state index contributed by atoms with van der Waals surface area (Å²) in [5.74, 6) is -1.29. The Bertz CT molecular complexity index is 274. The van der Waals surface area contributed by atoms with Gasteiger partial charge in [-0.1, -0.05) is 30.3 Å². The number of rotatable bonds is 3. The van der Waals surface area contributed by atoms with Crippen LogP contribution < -0.4 is 5.32 Å². The third-order valence-corrected chi connectivity index (χ3v) is 1.38. The SMILES string of the molecule is O=C(N[CH]c1ccccc1)C(F)F. The summed E-state index contributed by atoms with van der Waals surface area (Å²) in [6.45, 7) is 1.24. The van der Waals surface area contributed by atoms with Crippen LogP contribution in [0.25, 0.3) is 0 Å². The quantitative estimate of drug-likeness (QED) is 0.759. The van der Waals surface area contributed by atoms with Gasteiger partial charge in [0, 0.05) is 0 Å². The van der Waals surface area contributed by atoms with E-state index in [1.165, 1.54) is 6.54 Å². The number of halogens is 2. The fourth-order valence-corrected chi connectivity index (χ4v) is 0.767. The van der Waals surface area contributed by atoms with Crippen molar-refractivity contribution < 1.29 is 13.6 Å². The molecule has 0 fully saturated rings. The number of nitrogens with one attached hydrogen (secondary N) is 1. The van der Waals surface area contributed by atoms with Crippen molar-refractivity contribution in [1.29, 1.82) is 0 Å². The summed E-state index contributed by atoms with van der Waals surface area (Å²) in [6, 6.07) is 8.70.